The lowest BCUT2D eigenvalue weighted by molar-refractivity contribution is 0.479. The van der Waals surface area contributed by atoms with E-state index in [2.05, 4.69) is 27.0 Å². The number of benzene rings is 1. The molecule has 0 fully saturated rings. The fourth-order valence-electron chi connectivity index (χ4n) is 1.64. The number of aromatic nitrogens is 1. The topological polar surface area (TPSA) is 45.9 Å². The van der Waals surface area contributed by atoms with Gasteiger partial charge in [-0.15, -0.1) is 0 Å². The Morgan fingerprint density at radius 3 is 2.50 bits per heavy atom. The lowest BCUT2D eigenvalue weighted by atomic mass is 10.2. The predicted molar refractivity (Wildman–Crippen MR) is 72.6 cm³/mol. The van der Waals surface area contributed by atoms with E-state index in [0.29, 0.717) is 22.8 Å². The van der Waals surface area contributed by atoms with Crippen LogP contribution in [0.1, 0.15) is 17.0 Å². The van der Waals surface area contributed by atoms with Crippen LogP contribution in [0, 0.1) is 25.2 Å². The van der Waals surface area contributed by atoms with Gasteiger partial charge in [-0.3, -0.25) is 4.98 Å². The number of hydrogen-bond donors (Lipinski definition) is 0. The van der Waals surface area contributed by atoms with Gasteiger partial charge >= 0.3 is 0 Å². The molecule has 0 radical (unpaired) electrons. The minimum Gasteiger partial charge on any atom is -0.456 e. The second-order valence-electron chi connectivity index (χ2n) is 3.89. The van der Waals surface area contributed by atoms with E-state index in [1.165, 1.54) is 0 Å². The van der Waals surface area contributed by atoms with Crippen molar-refractivity contribution in [3.8, 4) is 17.6 Å². The first-order valence-electron chi connectivity index (χ1n) is 5.42. The molecule has 2 aromatic rings. The number of aryl methyl sites for hydroxylation is 2. The SMILES string of the molecule is Cc1cc(Oc2ccc(Br)cc2)c(C#N)c(C)n1. The minimum atomic E-state index is 0.475. The zero-order valence-electron chi connectivity index (χ0n) is 10.1. The van der Waals surface area contributed by atoms with Crippen molar-refractivity contribution in [2.24, 2.45) is 0 Å². The van der Waals surface area contributed by atoms with Crippen molar-refractivity contribution in [2.75, 3.05) is 0 Å². The van der Waals surface area contributed by atoms with E-state index >= 15 is 0 Å². The highest BCUT2D eigenvalue weighted by atomic mass is 79.9. The van der Waals surface area contributed by atoms with Crippen LogP contribution in [0.2, 0.25) is 0 Å². The Morgan fingerprint density at radius 1 is 1.22 bits per heavy atom. The molecule has 4 heteroatoms. The number of nitriles is 1. The van der Waals surface area contributed by atoms with Crippen LogP contribution in [0.5, 0.6) is 11.5 Å². The lowest BCUT2D eigenvalue weighted by Gasteiger charge is -2.09. The lowest BCUT2D eigenvalue weighted by Crippen LogP contribution is -1.96. The fraction of sp³-hybridized carbons (Fsp3) is 0.143. The largest absolute Gasteiger partial charge is 0.456 e. The summed E-state index contributed by atoms with van der Waals surface area (Å²) in [6, 6.07) is 11.4. The average molecular weight is 303 g/mol. The van der Waals surface area contributed by atoms with Gasteiger partial charge in [0, 0.05) is 16.2 Å². The summed E-state index contributed by atoms with van der Waals surface area (Å²) in [5.41, 5.74) is 1.99. The second kappa shape index (κ2) is 5.19. The molecule has 0 bridgehead atoms. The van der Waals surface area contributed by atoms with Gasteiger partial charge in [-0.2, -0.15) is 5.26 Å². The number of ether oxygens (including phenoxy) is 1. The molecule has 0 atom stereocenters. The smallest absolute Gasteiger partial charge is 0.148 e. The number of rotatable bonds is 2. The fourth-order valence-corrected chi connectivity index (χ4v) is 1.90. The van der Waals surface area contributed by atoms with Crippen molar-refractivity contribution in [3.63, 3.8) is 0 Å². The Balaban J connectivity index is 2.40. The standard InChI is InChI=1S/C14H11BrN2O/c1-9-7-14(13(8-16)10(2)17-9)18-12-5-3-11(15)4-6-12/h3-7H,1-2H3. The molecule has 0 spiro atoms. The highest BCUT2D eigenvalue weighted by Crippen LogP contribution is 2.28. The molecule has 0 saturated carbocycles. The summed E-state index contributed by atoms with van der Waals surface area (Å²) < 4.78 is 6.72. The maximum Gasteiger partial charge on any atom is 0.148 e. The quantitative estimate of drug-likeness (QED) is 0.838. The molecule has 1 aromatic heterocycles. The van der Waals surface area contributed by atoms with Crippen LogP contribution in [0.3, 0.4) is 0 Å². The summed E-state index contributed by atoms with van der Waals surface area (Å²) in [6.45, 7) is 3.68. The van der Waals surface area contributed by atoms with Gasteiger partial charge in [0.1, 0.15) is 23.1 Å². The van der Waals surface area contributed by atoms with Crippen LogP contribution >= 0.6 is 15.9 Å². The molecule has 0 amide bonds. The molecule has 18 heavy (non-hydrogen) atoms. The predicted octanol–water partition coefficient (Wildman–Crippen LogP) is 4.12. The van der Waals surface area contributed by atoms with Gasteiger partial charge in [0.2, 0.25) is 0 Å². The Hall–Kier alpha value is -1.86. The molecule has 0 N–H and O–H groups in total. The molecule has 1 heterocycles. The summed E-state index contributed by atoms with van der Waals surface area (Å²) in [4.78, 5) is 4.25. The van der Waals surface area contributed by atoms with Gasteiger partial charge in [-0.05, 0) is 38.1 Å². The van der Waals surface area contributed by atoms with Crippen molar-refractivity contribution < 1.29 is 4.74 Å². The van der Waals surface area contributed by atoms with E-state index in [-0.39, 0.29) is 0 Å². The van der Waals surface area contributed by atoms with Crippen LogP contribution in [0.25, 0.3) is 0 Å². The van der Waals surface area contributed by atoms with Crippen molar-refractivity contribution in [3.05, 3.63) is 51.8 Å². The number of nitrogens with zero attached hydrogens (tertiary/aromatic N) is 2. The second-order valence-corrected chi connectivity index (χ2v) is 4.81. The van der Waals surface area contributed by atoms with Crippen LogP contribution in [-0.2, 0) is 0 Å². The molecular weight excluding hydrogens is 292 g/mol. The van der Waals surface area contributed by atoms with Crippen LogP contribution in [0.4, 0.5) is 0 Å². The van der Waals surface area contributed by atoms with Gasteiger partial charge < -0.3 is 4.74 Å². The molecule has 0 aliphatic heterocycles. The molecule has 0 aliphatic rings. The zero-order chi connectivity index (χ0) is 13.1. The van der Waals surface area contributed by atoms with E-state index in [0.717, 1.165) is 10.2 Å². The first-order valence-corrected chi connectivity index (χ1v) is 6.21. The third-order valence-electron chi connectivity index (χ3n) is 2.45. The van der Waals surface area contributed by atoms with E-state index in [4.69, 9.17) is 10.00 Å². The number of pyridine rings is 1. The molecule has 1 aromatic carbocycles. The zero-order valence-corrected chi connectivity index (χ0v) is 11.7. The summed E-state index contributed by atoms with van der Waals surface area (Å²) in [5.74, 6) is 1.24. The number of hydrogen-bond acceptors (Lipinski definition) is 3. The average Bonchev–Trinajstić information content (AvgIpc) is 2.32. The first kappa shape index (κ1) is 12.6. The first-order chi connectivity index (χ1) is 8.60. The molecule has 2 rings (SSSR count). The highest BCUT2D eigenvalue weighted by Gasteiger charge is 2.10. The Kier molecular flexibility index (Phi) is 3.63. The molecule has 0 unspecified atom stereocenters. The van der Waals surface area contributed by atoms with Crippen molar-refractivity contribution in [2.45, 2.75) is 13.8 Å². The van der Waals surface area contributed by atoms with Crippen LogP contribution < -0.4 is 4.74 Å². The Morgan fingerprint density at radius 2 is 1.89 bits per heavy atom. The number of halogens is 1. The maximum atomic E-state index is 9.13. The molecule has 0 aliphatic carbocycles. The van der Waals surface area contributed by atoms with E-state index < -0.39 is 0 Å². The summed E-state index contributed by atoms with van der Waals surface area (Å²) in [5, 5.41) is 9.13. The van der Waals surface area contributed by atoms with Crippen molar-refractivity contribution in [1.82, 2.24) is 4.98 Å². The maximum absolute atomic E-state index is 9.13. The van der Waals surface area contributed by atoms with Gasteiger partial charge in [-0.1, -0.05) is 15.9 Å². The monoisotopic (exact) mass is 302 g/mol. The Bertz CT molecular complexity index is 615. The van der Waals surface area contributed by atoms with E-state index in [9.17, 15) is 0 Å². The third kappa shape index (κ3) is 2.69. The van der Waals surface area contributed by atoms with Gasteiger partial charge in [0.15, 0.2) is 0 Å². The normalized spacial score (nSPS) is 9.89. The third-order valence-corrected chi connectivity index (χ3v) is 2.97. The molecule has 3 nitrogen and oxygen atoms in total. The summed E-state index contributed by atoms with van der Waals surface area (Å²) >= 11 is 3.36. The van der Waals surface area contributed by atoms with E-state index in [1.807, 2.05) is 31.2 Å². The summed E-state index contributed by atoms with van der Waals surface area (Å²) in [7, 11) is 0. The highest BCUT2D eigenvalue weighted by molar-refractivity contribution is 9.10. The van der Waals surface area contributed by atoms with Crippen LogP contribution in [-0.4, -0.2) is 4.98 Å². The minimum absolute atomic E-state index is 0.475. The Labute approximate surface area is 114 Å². The summed E-state index contributed by atoms with van der Waals surface area (Å²) in [6.07, 6.45) is 0. The van der Waals surface area contributed by atoms with Gasteiger partial charge in [0.05, 0.1) is 5.69 Å². The van der Waals surface area contributed by atoms with E-state index in [1.54, 1.807) is 13.0 Å². The van der Waals surface area contributed by atoms with Crippen LogP contribution in [0.15, 0.2) is 34.8 Å². The molecule has 90 valence electrons. The molecule has 0 saturated heterocycles. The molecular formula is C14H11BrN2O. The van der Waals surface area contributed by atoms with Crippen molar-refractivity contribution in [1.29, 1.82) is 5.26 Å². The van der Waals surface area contributed by atoms with Gasteiger partial charge in [0.25, 0.3) is 0 Å². The van der Waals surface area contributed by atoms with Crippen molar-refractivity contribution >= 4 is 15.9 Å². The van der Waals surface area contributed by atoms with Gasteiger partial charge in [-0.25, -0.2) is 0 Å².